The van der Waals surface area contributed by atoms with E-state index in [0.717, 1.165) is 0 Å². The minimum Gasteiger partial charge on any atom is -0.465 e. The van der Waals surface area contributed by atoms with Crippen LogP contribution in [0.5, 0.6) is 0 Å². The van der Waals surface area contributed by atoms with E-state index in [1.807, 2.05) is 0 Å². The second kappa shape index (κ2) is 7.82. The number of esters is 1. The number of rotatable bonds is 5. The van der Waals surface area contributed by atoms with Gasteiger partial charge in [-0.2, -0.15) is 0 Å². The van der Waals surface area contributed by atoms with Gasteiger partial charge in [-0.25, -0.2) is 4.79 Å². The number of carbonyl (C=O) groups is 1. The maximum absolute atomic E-state index is 11.3. The van der Waals surface area contributed by atoms with Crippen LogP contribution >= 0.6 is 0 Å². The van der Waals surface area contributed by atoms with E-state index in [2.05, 4.69) is 4.74 Å². The number of benzene rings is 1. The van der Waals surface area contributed by atoms with Gasteiger partial charge >= 0.3 is 5.97 Å². The molecule has 0 aliphatic carbocycles. The number of hydrogen-bond donors (Lipinski definition) is 4. The van der Waals surface area contributed by atoms with Crippen LogP contribution in [0.15, 0.2) is 24.3 Å². The number of carbonyl (C=O) groups excluding carboxylic acids is 1. The number of methoxy groups -OCH3 is 1. The summed E-state index contributed by atoms with van der Waals surface area (Å²) in [6.07, 6.45) is -6.55. The highest BCUT2D eigenvalue weighted by Crippen LogP contribution is 2.22. The first-order chi connectivity index (χ1) is 11.0. The zero-order chi connectivity index (χ0) is 17.0. The maximum atomic E-state index is 11.3. The molecule has 0 amide bonds. The number of aliphatic hydroxyl groups is 4. The predicted octanol–water partition coefficient (Wildman–Crippen LogP) is -1.21. The Morgan fingerprint density at radius 3 is 2.35 bits per heavy atom. The van der Waals surface area contributed by atoms with Gasteiger partial charge in [-0.05, 0) is 17.7 Å². The van der Waals surface area contributed by atoms with Gasteiger partial charge in [-0.1, -0.05) is 12.1 Å². The zero-order valence-electron chi connectivity index (χ0n) is 12.5. The Morgan fingerprint density at radius 1 is 1.13 bits per heavy atom. The SMILES string of the molecule is COC(=O)c1ccc(CO[C@H]2O[C@H](CO)[C@@H](O)[C@H](O)[C@@H]2O)cc1. The summed E-state index contributed by atoms with van der Waals surface area (Å²) in [6, 6.07) is 6.43. The van der Waals surface area contributed by atoms with Crippen LogP contribution in [0.25, 0.3) is 0 Å². The first-order valence-corrected chi connectivity index (χ1v) is 7.07. The molecule has 8 heteroatoms. The Bertz CT molecular complexity index is 515. The normalized spacial score (nSPS) is 30.9. The van der Waals surface area contributed by atoms with Crippen molar-refractivity contribution in [3.05, 3.63) is 35.4 Å². The molecule has 1 fully saturated rings. The van der Waals surface area contributed by atoms with Crippen molar-refractivity contribution in [3.8, 4) is 0 Å². The van der Waals surface area contributed by atoms with Gasteiger partial charge in [-0.15, -0.1) is 0 Å². The van der Waals surface area contributed by atoms with Crippen LogP contribution in [0.4, 0.5) is 0 Å². The van der Waals surface area contributed by atoms with Crippen LogP contribution in [-0.2, 0) is 20.8 Å². The molecule has 8 nitrogen and oxygen atoms in total. The van der Waals surface area contributed by atoms with Crippen molar-refractivity contribution in [2.75, 3.05) is 13.7 Å². The molecule has 1 aliphatic rings. The Morgan fingerprint density at radius 2 is 1.78 bits per heavy atom. The third-order valence-electron chi connectivity index (χ3n) is 3.64. The van der Waals surface area contributed by atoms with Crippen molar-refractivity contribution in [2.24, 2.45) is 0 Å². The molecule has 128 valence electrons. The quantitative estimate of drug-likeness (QED) is 0.496. The molecule has 1 aliphatic heterocycles. The smallest absolute Gasteiger partial charge is 0.337 e. The van der Waals surface area contributed by atoms with Gasteiger partial charge in [0.1, 0.15) is 24.4 Å². The highest BCUT2D eigenvalue weighted by Gasteiger charge is 2.43. The Labute approximate surface area is 132 Å². The fourth-order valence-corrected chi connectivity index (χ4v) is 2.24. The number of aliphatic hydroxyl groups excluding tert-OH is 4. The molecule has 1 aromatic rings. The molecule has 1 aromatic carbocycles. The van der Waals surface area contributed by atoms with Gasteiger partial charge in [0, 0.05) is 0 Å². The molecule has 2 rings (SSSR count). The molecule has 1 heterocycles. The molecule has 0 bridgehead atoms. The Hall–Kier alpha value is -1.55. The fraction of sp³-hybridized carbons (Fsp3) is 0.533. The summed E-state index contributed by atoms with van der Waals surface area (Å²) in [7, 11) is 1.29. The summed E-state index contributed by atoms with van der Waals surface area (Å²) in [6.45, 7) is -0.469. The van der Waals surface area contributed by atoms with Crippen molar-refractivity contribution in [3.63, 3.8) is 0 Å². The minimum absolute atomic E-state index is 0.0458. The molecule has 23 heavy (non-hydrogen) atoms. The van der Waals surface area contributed by atoms with E-state index in [9.17, 15) is 20.1 Å². The molecular weight excluding hydrogens is 308 g/mol. The third-order valence-corrected chi connectivity index (χ3v) is 3.64. The molecule has 1 saturated heterocycles. The van der Waals surface area contributed by atoms with Gasteiger partial charge in [0.2, 0.25) is 0 Å². The fourth-order valence-electron chi connectivity index (χ4n) is 2.24. The van der Waals surface area contributed by atoms with Gasteiger partial charge in [0.15, 0.2) is 6.29 Å². The third kappa shape index (κ3) is 4.05. The van der Waals surface area contributed by atoms with Crippen LogP contribution in [0.3, 0.4) is 0 Å². The van der Waals surface area contributed by atoms with Crippen molar-refractivity contribution in [2.45, 2.75) is 37.3 Å². The lowest BCUT2D eigenvalue weighted by molar-refractivity contribution is -0.304. The van der Waals surface area contributed by atoms with Crippen LogP contribution in [-0.4, -0.2) is 70.8 Å². The maximum Gasteiger partial charge on any atom is 0.337 e. The topological polar surface area (TPSA) is 126 Å². The van der Waals surface area contributed by atoms with E-state index < -0.39 is 43.3 Å². The van der Waals surface area contributed by atoms with E-state index in [1.165, 1.54) is 7.11 Å². The second-order valence-electron chi connectivity index (χ2n) is 5.20. The largest absolute Gasteiger partial charge is 0.465 e. The summed E-state index contributed by atoms with van der Waals surface area (Å²) < 4.78 is 15.2. The summed E-state index contributed by atoms with van der Waals surface area (Å²) in [5, 5.41) is 38.3. The molecule has 0 unspecified atom stereocenters. The van der Waals surface area contributed by atoms with Crippen molar-refractivity contribution < 1.29 is 39.4 Å². The van der Waals surface area contributed by atoms with Gasteiger partial charge in [0.05, 0.1) is 25.9 Å². The molecule has 0 radical (unpaired) electrons. The molecule has 0 saturated carbocycles. The lowest BCUT2D eigenvalue weighted by Gasteiger charge is -2.39. The minimum atomic E-state index is -1.48. The van der Waals surface area contributed by atoms with E-state index >= 15 is 0 Å². The van der Waals surface area contributed by atoms with E-state index in [0.29, 0.717) is 11.1 Å². The average molecular weight is 328 g/mol. The lowest BCUT2D eigenvalue weighted by atomic mass is 9.99. The first kappa shape index (κ1) is 17.8. The van der Waals surface area contributed by atoms with Gasteiger partial charge < -0.3 is 34.6 Å². The van der Waals surface area contributed by atoms with Crippen LogP contribution in [0.2, 0.25) is 0 Å². The van der Waals surface area contributed by atoms with Crippen LogP contribution < -0.4 is 0 Å². The zero-order valence-corrected chi connectivity index (χ0v) is 12.5. The van der Waals surface area contributed by atoms with E-state index in [-0.39, 0.29) is 6.61 Å². The van der Waals surface area contributed by atoms with Crippen LogP contribution in [0, 0.1) is 0 Å². The highest BCUT2D eigenvalue weighted by molar-refractivity contribution is 5.89. The van der Waals surface area contributed by atoms with Crippen LogP contribution in [0.1, 0.15) is 15.9 Å². The molecule has 0 spiro atoms. The monoisotopic (exact) mass is 328 g/mol. The summed E-state index contributed by atoms with van der Waals surface area (Å²) in [5.74, 6) is -0.452. The molecular formula is C15H20O8. The molecule has 5 atom stereocenters. The molecule has 4 N–H and O–H groups in total. The Kier molecular flexibility index (Phi) is 6.05. The second-order valence-corrected chi connectivity index (χ2v) is 5.20. The van der Waals surface area contributed by atoms with Gasteiger partial charge in [0.25, 0.3) is 0 Å². The van der Waals surface area contributed by atoms with E-state index in [4.69, 9.17) is 14.6 Å². The lowest BCUT2D eigenvalue weighted by Crippen LogP contribution is -2.59. The molecule has 0 aromatic heterocycles. The highest BCUT2D eigenvalue weighted by atomic mass is 16.7. The summed E-state index contributed by atoms with van der Waals surface area (Å²) >= 11 is 0. The predicted molar refractivity (Wildman–Crippen MR) is 76.3 cm³/mol. The first-order valence-electron chi connectivity index (χ1n) is 7.07. The number of ether oxygens (including phenoxy) is 3. The summed E-state index contributed by atoms with van der Waals surface area (Å²) in [5.41, 5.74) is 1.10. The van der Waals surface area contributed by atoms with E-state index in [1.54, 1.807) is 24.3 Å². The Balaban J connectivity index is 1.95. The van der Waals surface area contributed by atoms with Crippen molar-refractivity contribution in [1.29, 1.82) is 0 Å². The van der Waals surface area contributed by atoms with Crippen molar-refractivity contribution >= 4 is 5.97 Å². The van der Waals surface area contributed by atoms with Gasteiger partial charge in [-0.3, -0.25) is 0 Å². The average Bonchev–Trinajstić information content (AvgIpc) is 2.59. The number of hydrogen-bond acceptors (Lipinski definition) is 8. The summed E-state index contributed by atoms with van der Waals surface area (Å²) in [4.78, 5) is 11.3. The van der Waals surface area contributed by atoms with Crippen molar-refractivity contribution in [1.82, 2.24) is 0 Å². The standard InChI is InChI=1S/C15H20O8/c1-21-14(20)9-4-2-8(3-5-9)7-22-15-13(19)12(18)11(17)10(6-16)23-15/h2-5,10-13,15-19H,6-7H2,1H3/t10-,11-,12+,13+,15+/m1/s1.